The van der Waals surface area contributed by atoms with E-state index in [9.17, 15) is 18.0 Å². The van der Waals surface area contributed by atoms with Gasteiger partial charge >= 0.3 is 0 Å². The van der Waals surface area contributed by atoms with Crippen molar-refractivity contribution in [2.75, 3.05) is 6.26 Å². The van der Waals surface area contributed by atoms with Gasteiger partial charge in [0.05, 0.1) is 18.2 Å². The van der Waals surface area contributed by atoms with E-state index in [1.807, 2.05) is 54.6 Å². The number of carbonyl (C=O) groups excluding carboxylic acids is 2. The summed E-state index contributed by atoms with van der Waals surface area (Å²) in [4.78, 5) is 30.0. The molecule has 39 heavy (non-hydrogen) atoms. The van der Waals surface area contributed by atoms with Crippen LogP contribution in [-0.4, -0.2) is 43.5 Å². The van der Waals surface area contributed by atoms with Crippen LogP contribution in [0.15, 0.2) is 78.9 Å². The summed E-state index contributed by atoms with van der Waals surface area (Å²) in [6.45, 7) is 0.349. The number of halogens is 1. The molecule has 1 saturated carbocycles. The largest absolute Gasteiger partial charge is 0.351 e. The topological polar surface area (TPSA) is 95.6 Å². The first-order chi connectivity index (χ1) is 18.7. The maximum absolute atomic E-state index is 14.2. The zero-order valence-electron chi connectivity index (χ0n) is 21.7. The fourth-order valence-electron chi connectivity index (χ4n) is 5.97. The van der Waals surface area contributed by atoms with Gasteiger partial charge in [0.2, 0.25) is 15.9 Å². The lowest BCUT2D eigenvalue weighted by Gasteiger charge is -2.49. The maximum atomic E-state index is 14.2. The van der Waals surface area contributed by atoms with Crippen molar-refractivity contribution in [3.8, 4) is 0 Å². The highest BCUT2D eigenvalue weighted by atomic mass is 35.5. The molecule has 0 spiro atoms. The summed E-state index contributed by atoms with van der Waals surface area (Å²) < 4.78 is 27.4. The van der Waals surface area contributed by atoms with Gasteiger partial charge in [-0.2, -0.15) is 0 Å². The molecule has 4 atom stereocenters. The van der Waals surface area contributed by atoms with Crippen molar-refractivity contribution < 1.29 is 18.0 Å². The van der Waals surface area contributed by atoms with Crippen LogP contribution in [0.3, 0.4) is 0 Å². The molecule has 1 unspecified atom stereocenters. The third-order valence-electron chi connectivity index (χ3n) is 7.63. The van der Waals surface area contributed by atoms with Gasteiger partial charge in [-0.25, -0.2) is 13.1 Å². The molecule has 204 valence electrons. The van der Waals surface area contributed by atoms with Crippen LogP contribution in [0.1, 0.15) is 64.7 Å². The molecule has 5 rings (SSSR count). The number of fused-ring (bicyclic) bond motifs is 1. The predicted octanol–water partition coefficient (Wildman–Crippen LogP) is 4.80. The van der Waals surface area contributed by atoms with Crippen molar-refractivity contribution >= 4 is 33.4 Å². The normalized spacial score (nSPS) is 23.2. The van der Waals surface area contributed by atoms with Crippen LogP contribution >= 0.6 is 11.6 Å². The molecule has 0 aromatic heterocycles. The average molecular weight is 566 g/mol. The van der Waals surface area contributed by atoms with E-state index in [2.05, 4.69) is 10.0 Å². The number of nitrogens with zero attached hydrogens (tertiary/aromatic N) is 1. The summed E-state index contributed by atoms with van der Waals surface area (Å²) in [5, 5.41) is 3.64. The fraction of sp³-hybridized carbons (Fsp3) is 0.333. The summed E-state index contributed by atoms with van der Waals surface area (Å²) in [6.07, 6.45) is 4.10. The highest BCUT2D eigenvalue weighted by molar-refractivity contribution is 7.88. The number of rotatable bonds is 7. The molecule has 0 bridgehead atoms. The second-order valence-electron chi connectivity index (χ2n) is 10.3. The minimum atomic E-state index is -3.51. The fourth-order valence-corrected chi connectivity index (χ4v) is 6.92. The van der Waals surface area contributed by atoms with Crippen LogP contribution in [0.25, 0.3) is 0 Å². The first-order valence-electron chi connectivity index (χ1n) is 13.2. The zero-order valence-corrected chi connectivity index (χ0v) is 23.3. The maximum Gasteiger partial charge on any atom is 0.255 e. The molecule has 1 fully saturated rings. The Balaban J connectivity index is 1.62. The second kappa shape index (κ2) is 11.5. The van der Waals surface area contributed by atoms with E-state index in [1.165, 1.54) is 0 Å². The Morgan fingerprint density at radius 3 is 2.33 bits per heavy atom. The highest BCUT2D eigenvalue weighted by Crippen LogP contribution is 2.46. The highest BCUT2D eigenvalue weighted by Gasteiger charge is 2.48. The minimum Gasteiger partial charge on any atom is -0.351 e. The molecule has 1 aliphatic carbocycles. The summed E-state index contributed by atoms with van der Waals surface area (Å²) in [7, 11) is -3.51. The van der Waals surface area contributed by atoms with Crippen LogP contribution in [-0.2, 0) is 21.4 Å². The van der Waals surface area contributed by atoms with Crippen LogP contribution in [0.2, 0.25) is 5.02 Å². The number of amides is 2. The molecule has 1 aliphatic heterocycles. The Hall–Kier alpha value is -3.20. The molecule has 0 radical (unpaired) electrons. The van der Waals surface area contributed by atoms with Gasteiger partial charge in [-0.15, -0.1) is 0 Å². The SMILES string of the molecule is CS(=O)(=O)N[C@H]1CCCCC1N1C(=O)c2ccccc2[C@@H](C(=O)NCc2ccccc2)[C@@H]1c1ccc(Cl)cc1. The molecular formula is C30H32ClN3O4S. The van der Waals surface area contributed by atoms with Crippen molar-refractivity contribution in [1.29, 1.82) is 0 Å². The Labute approximate surface area is 234 Å². The number of hydrogen-bond donors (Lipinski definition) is 2. The second-order valence-corrected chi connectivity index (χ2v) is 12.5. The number of nitrogens with one attached hydrogen (secondary N) is 2. The minimum absolute atomic E-state index is 0.202. The van der Waals surface area contributed by atoms with Crippen LogP contribution in [0.5, 0.6) is 0 Å². The molecule has 0 saturated heterocycles. The molecule has 3 aromatic carbocycles. The number of sulfonamides is 1. The van der Waals surface area contributed by atoms with Crippen molar-refractivity contribution in [3.63, 3.8) is 0 Å². The van der Waals surface area contributed by atoms with Gasteiger partial charge in [0.25, 0.3) is 5.91 Å². The van der Waals surface area contributed by atoms with Gasteiger partial charge in [-0.05, 0) is 47.7 Å². The molecular weight excluding hydrogens is 534 g/mol. The van der Waals surface area contributed by atoms with E-state index in [1.54, 1.807) is 29.2 Å². The Morgan fingerprint density at radius 2 is 1.62 bits per heavy atom. The smallest absolute Gasteiger partial charge is 0.255 e. The van der Waals surface area contributed by atoms with E-state index in [-0.39, 0.29) is 11.8 Å². The monoisotopic (exact) mass is 565 g/mol. The van der Waals surface area contributed by atoms with Gasteiger partial charge in [0.15, 0.2) is 0 Å². The Morgan fingerprint density at radius 1 is 0.949 bits per heavy atom. The van der Waals surface area contributed by atoms with Crippen molar-refractivity contribution in [1.82, 2.24) is 14.9 Å². The zero-order chi connectivity index (χ0) is 27.6. The lowest BCUT2D eigenvalue weighted by Crippen LogP contribution is -2.59. The van der Waals surface area contributed by atoms with Gasteiger partial charge in [-0.3, -0.25) is 9.59 Å². The van der Waals surface area contributed by atoms with Gasteiger partial charge in [-0.1, -0.05) is 85.1 Å². The average Bonchev–Trinajstić information content (AvgIpc) is 2.92. The standard InChI is InChI=1S/C30H32ClN3O4S/c1-39(37,38)33-25-13-7-8-14-26(25)34-28(21-15-17-22(31)18-16-21)27(23-11-5-6-12-24(23)30(34)36)29(35)32-19-20-9-3-2-4-10-20/h2-6,9-12,15-18,25-28,33H,7-8,13-14,19H2,1H3,(H,32,35)/t25-,26?,27+,28-/m0/s1. The number of hydrogen-bond acceptors (Lipinski definition) is 4. The van der Waals surface area contributed by atoms with Crippen LogP contribution in [0.4, 0.5) is 0 Å². The molecule has 9 heteroatoms. The molecule has 2 N–H and O–H groups in total. The van der Waals surface area contributed by atoms with E-state index in [4.69, 9.17) is 11.6 Å². The third kappa shape index (κ3) is 6.03. The van der Waals surface area contributed by atoms with E-state index < -0.39 is 34.1 Å². The van der Waals surface area contributed by atoms with Gasteiger partial charge in [0, 0.05) is 29.2 Å². The Kier molecular flexibility index (Phi) is 8.07. The molecule has 1 heterocycles. The van der Waals surface area contributed by atoms with E-state index in [0.29, 0.717) is 35.5 Å². The van der Waals surface area contributed by atoms with Gasteiger partial charge < -0.3 is 10.2 Å². The molecule has 2 aliphatic rings. The number of carbonyl (C=O) groups is 2. The first-order valence-corrected chi connectivity index (χ1v) is 15.5. The molecule has 7 nitrogen and oxygen atoms in total. The third-order valence-corrected chi connectivity index (χ3v) is 8.61. The Bertz CT molecular complexity index is 1450. The lowest BCUT2D eigenvalue weighted by molar-refractivity contribution is -0.124. The van der Waals surface area contributed by atoms with Gasteiger partial charge in [0.1, 0.15) is 0 Å². The van der Waals surface area contributed by atoms with Crippen LogP contribution < -0.4 is 10.0 Å². The van der Waals surface area contributed by atoms with Crippen molar-refractivity contribution in [2.24, 2.45) is 0 Å². The summed E-state index contributed by atoms with van der Waals surface area (Å²) in [5.41, 5.74) is 2.86. The number of benzene rings is 3. The van der Waals surface area contributed by atoms with E-state index >= 15 is 0 Å². The first kappa shape index (κ1) is 27.4. The molecule has 2 amide bonds. The van der Waals surface area contributed by atoms with E-state index in [0.717, 1.165) is 30.2 Å². The molecule has 3 aromatic rings. The quantitative estimate of drug-likeness (QED) is 0.430. The summed E-state index contributed by atoms with van der Waals surface area (Å²) in [5.74, 6) is -1.11. The summed E-state index contributed by atoms with van der Waals surface area (Å²) >= 11 is 6.22. The lowest BCUT2D eigenvalue weighted by atomic mass is 9.76. The predicted molar refractivity (Wildman–Crippen MR) is 152 cm³/mol. The summed E-state index contributed by atoms with van der Waals surface area (Å²) in [6, 6.07) is 22.6. The van der Waals surface area contributed by atoms with Crippen molar-refractivity contribution in [3.05, 3.63) is 106 Å². The van der Waals surface area contributed by atoms with Crippen LogP contribution in [0, 0.1) is 0 Å². The van der Waals surface area contributed by atoms with Crippen molar-refractivity contribution in [2.45, 2.75) is 56.3 Å².